The second-order valence-electron chi connectivity index (χ2n) is 7.75. The van der Waals surface area contributed by atoms with Gasteiger partial charge in [-0.05, 0) is 30.7 Å². The van der Waals surface area contributed by atoms with Crippen molar-refractivity contribution in [1.82, 2.24) is 4.98 Å². The highest BCUT2D eigenvalue weighted by Gasteiger charge is 2.35. The zero-order valence-corrected chi connectivity index (χ0v) is 18.1. The number of hydrogen-bond donors (Lipinski definition) is 1. The van der Waals surface area contributed by atoms with Gasteiger partial charge in [-0.1, -0.05) is 55.8 Å². The Morgan fingerprint density at radius 2 is 2.10 bits per heavy atom. The van der Waals surface area contributed by atoms with Crippen molar-refractivity contribution in [2.45, 2.75) is 33.1 Å². The number of carboxylic acid groups (broad SMARTS) is 1. The Hall–Kier alpha value is -2.18. The van der Waals surface area contributed by atoms with Crippen molar-refractivity contribution in [2.75, 3.05) is 11.4 Å². The van der Waals surface area contributed by atoms with Crippen LogP contribution in [-0.4, -0.2) is 28.5 Å². The molecule has 2 atom stereocenters. The topological polar surface area (TPSA) is 70.5 Å². The fourth-order valence-corrected chi connectivity index (χ4v) is 4.84. The number of carboxylic acids is 1. The molecule has 1 aliphatic rings. The molecule has 2 heterocycles. The molecule has 7 heteroatoms. The van der Waals surface area contributed by atoms with Crippen molar-refractivity contribution in [2.24, 2.45) is 17.8 Å². The summed E-state index contributed by atoms with van der Waals surface area (Å²) in [6.07, 6.45) is 5.40. The lowest BCUT2D eigenvalue weighted by molar-refractivity contribution is -0.141. The molecule has 154 valence electrons. The molecule has 2 unspecified atom stereocenters. The number of thiazole rings is 1. The fraction of sp³-hybridized carbons (Fsp3) is 0.409. The molecule has 1 amide bonds. The molecule has 0 spiro atoms. The molecule has 5 nitrogen and oxygen atoms in total. The summed E-state index contributed by atoms with van der Waals surface area (Å²) in [4.78, 5) is 31.2. The van der Waals surface area contributed by atoms with Crippen LogP contribution in [0.1, 0.15) is 33.1 Å². The first-order valence-corrected chi connectivity index (χ1v) is 11.0. The van der Waals surface area contributed by atoms with Crippen LogP contribution in [0.4, 0.5) is 5.13 Å². The van der Waals surface area contributed by atoms with Gasteiger partial charge in [0.1, 0.15) is 0 Å². The van der Waals surface area contributed by atoms with Gasteiger partial charge >= 0.3 is 5.97 Å². The van der Waals surface area contributed by atoms with E-state index in [1.807, 2.05) is 29.7 Å². The number of rotatable bonds is 6. The number of amides is 1. The van der Waals surface area contributed by atoms with Crippen LogP contribution in [0.25, 0.3) is 11.3 Å². The number of benzene rings is 1. The number of aliphatic carboxylic acids is 1. The predicted molar refractivity (Wildman–Crippen MR) is 117 cm³/mol. The van der Waals surface area contributed by atoms with Gasteiger partial charge in [0.2, 0.25) is 5.91 Å². The lowest BCUT2D eigenvalue weighted by atomic mass is 9.79. The standard InChI is InChI=1S/C22H25ClN2O3S/c1-14(2)11-15-7-5-6-10-25(21(28)17(15)12-20(26)27)22-24-19(13-29-22)16-8-3-4-9-18(16)23/h3-6,8-9,13-15,17H,7,10-12H2,1-2H3,(H,26,27). The highest BCUT2D eigenvalue weighted by Crippen LogP contribution is 2.35. The Morgan fingerprint density at radius 1 is 1.34 bits per heavy atom. The molecule has 0 saturated carbocycles. The van der Waals surface area contributed by atoms with Gasteiger partial charge in [0.15, 0.2) is 5.13 Å². The molecular weight excluding hydrogens is 408 g/mol. The van der Waals surface area contributed by atoms with Gasteiger partial charge in [-0.15, -0.1) is 11.3 Å². The summed E-state index contributed by atoms with van der Waals surface area (Å²) >= 11 is 7.66. The highest BCUT2D eigenvalue weighted by molar-refractivity contribution is 7.14. The molecule has 3 rings (SSSR count). The SMILES string of the molecule is CC(C)CC1CC=CCN(c2nc(-c3ccccc3Cl)cs2)C(=O)C1CC(=O)O. The van der Waals surface area contributed by atoms with E-state index < -0.39 is 11.9 Å². The maximum atomic E-state index is 13.4. The molecule has 29 heavy (non-hydrogen) atoms. The Morgan fingerprint density at radius 3 is 2.79 bits per heavy atom. The highest BCUT2D eigenvalue weighted by atomic mass is 35.5. The first-order valence-electron chi connectivity index (χ1n) is 9.75. The average molecular weight is 433 g/mol. The first kappa shape index (κ1) is 21.5. The monoisotopic (exact) mass is 432 g/mol. The smallest absolute Gasteiger partial charge is 0.304 e. The maximum absolute atomic E-state index is 13.4. The molecule has 1 aromatic heterocycles. The van der Waals surface area contributed by atoms with Gasteiger partial charge < -0.3 is 5.11 Å². The van der Waals surface area contributed by atoms with E-state index in [0.717, 1.165) is 18.4 Å². The van der Waals surface area contributed by atoms with Crippen LogP contribution in [0.2, 0.25) is 5.02 Å². The molecule has 0 bridgehead atoms. The van der Waals surface area contributed by atoms with Gasteiger partial charge in [0.05, 0.1) is 18.0 Å². The Labute approximate surface area is 180 Å². The second kappa shape index (κ2) is 9.55. The van der Waals surface area contributed by atoms with Crippen molar-refractivity contribution in [3.8, 4) is 11.3 Å². The summed E-state index contributed by atoms with van der Waals surface area (Å²) in [5.41, 5.74) is 1.52. The molecule has 1 aliphatic heterocycles. The third kappa shape index (κ3) is 5.25. The van der Waals surface area contributed by atoms with Gasteiger partial charge in [-0.3, -0.25) is 14.5 Å². The van der Waals surface area contributed by atoms with Crippen molar-refractivity contribution < 1.29 is 14.7 Å². The van der Waals surface area contributed by atoms with Crippen molar-refractivity contribution in [3.05, 3.63) is 46.8 Å². The molecule has 0 radical (unpaired) electrons. The molecule has 0 saturated heterocycles. The molecule has 0 fully saturated rings. The zero-order valence-electron chi connectivity index (χ0n) is 16.5. The normalized spacial score (nSPS) is 20.0. The van der Waals surface area contributed by atoms with E-state index in [4.69, 9.17) is 11.6 Å². The van der Waals surface area contributed by atoms with Crippen LogP contribution in [0, 0.1) is 17.8 Å². The number of hydrogen-bond acceptors (Lipinski definition) is 4. The number of carbonyl (C=O) groups excluding carboxylic acids is 1. The minimum atomic E-state index is -0.947. The van der Waals surface area contributed by atoms with E-state index in [-0.39, 0.29) is 18.2 Å². The molecule has 0 aliphatic carbocycles. The van der Waals surface area contributed by atoms with Crippen LogP contribution < -0.4 is 4.90 Å². The van der Waals surface area contributed by atoms with E-state index in [0.29, 0.717) is 28.3 Å². The van der Waals surface area contributed by atoms with E-state index in [1.165, 1.54) is 11.3 Å². The first-order chi connectivity index (χ1) is 13.9. The molecule has 2 aromatic rings. The van der Waals surface area contributed by atoms with E-state index in [1.54, 1.807) is 11.0 Å². The van der Waals surface area contributed by atoms with Crippen LogP contribution in [0.5, 0.6) is 0 Å². The van der Waals surface area contributed by atoms with E-state index >= 15 is 0 Å². The van der Waals surface area contributed by atoms with Crippen LogP contribution in [0.3, 0.4) is 0 Å². The number of aromatic nitrogens is 1. The van der Waals surface area contributed by atoms with Gasteiger partial charge in [0, 0.05) is 22.5 Å². The summed E-state index contributed by atoms with van der Waals surface area (Å²) in [6, 6.07) is 7.45. The average Bonchev–Trinajstić information content (AvgIpc) is 3.13. The molecule has 1 aromatic carbocycles. The number of halogens is 1. The largest absolute Gasteiger partial charge is 0.481 e. The van der Waals surface area contributed by atoms with E-state index in [2.05, 4.69) is 24.9 Å². The Bertz CT molecular complexity index is 909. The summed E-state index contributed by atoms with van der Waals surface area (Å²) in [7, 11) is 0. The quantitative estimate of drug-likeness (QED) is 0.611. The summed E-state index contributed by atoms with van der Waals surface area (Å²) < 4.78 is 0. The third-order valence-corrected chi connectivity index (χ3v) is 6.28. The Balaban J connectivity index is 1.93. The second-order valence-corrected chi connectivity index (χ2v) is 8.99. The van der Waals surface area contributed by atoms with Gasteiger partial charge in [0.25, 0.3) is 0 Å². The summed E-state index contributed by atoms with van der Waals surface area (Å²) in [6.45, 7) is 4.58. The van der Waals surface area contributed by atoms with Crippen LogP contribution in [-0.2, 0) is 9.59 Å². The van der Waals surface area contributed by atoms with Gasteiger partial charge in [-0.25, -0.2) is 4.98 Å². The Kier molecular flexibility index (Phi) is 7.09. The number of carbonyl (C=O) groups is 2. The van der Waals surface area contributed by atoms with Crippen molar-refractivity contribution >= 4 is 39.9 Å². The predicted octanol–water partition coefficient (Wildman–Crippen LogP) is 5.51. The van der Waals surface area contributed by atoms with Crippen molar-refractivity contribution in [3.63, 3.8) is 0 Å². The fourth-order valence-electron chi connectivity index (χ4n) is 3.77. The minimum absolute atomic E-state index is 0.000602. The van der Waals surface area contributed by atoms with Crippen molar-refractivity contribution in [1.29, 1.82) is 0 Å². The summed E-state index contributed by atoms with van der Waals surface area (Å²) in [5, 5.41) is 12.5. The van der Waals surface area contributed by atoms with E-state index in [9.17, 15) is 14.7 Å². The van der Waals surface area contributed by atoms with Crippen LogP contribution in [0.15, 0.2) is 41.8 Å². The maximum Gasteiger partial charge on any atom is 0.304 e. The lowest BCUT2D eigenvalue weighted by Gasteiger charge is -2.31. The number of allylic oxidation sites excluding steroid dienone is 1. The molecular formula is C22H25ClN2O3S. The lowest BCUT2D eigenvalue weighted by Crippen LogP contribution is -2.41. The number of nitrogens with zero attached hydrogens (tertiary/aromatic N) is 2. The van der Waals surface area contributed by atoms with Gasteiger partial charge in [-0.2, -0.15) is 0 Å². The van der Waals surface area contributed by atoms with Crippen LogP contribution >= 0.6 is 22.9 Å². The zero-order chi connectivity index (χ0) is 21.0. The number of anilines is 1. The summed E-state index contributed by atoms with van der Waals surface area (Å²) in [5.74, 6) is -1.29. The minimum Gasteiger partial charge on any atom is -0.481 e. The molecule has 1 N–H and O–H groups in total. The third-order valence-electron chi connectivity index (χ3n) is 5.09.